The van der Waals surface area contributed by atoms with E-state index < -0.39 is 73.2 Å². The Morgan fingerprint density at radius 2 is 1.15 bits per heavy atom. The van der Waals surface area contributed by atoms with Gasteiger partial charge in [0, 0.05) is 12.3 Å². The van der Waals surface area contributed by atoms with Crippen molar-refractivity contribution in [1.82, 2.24) is 0 Å². The molecule has 232 valence electrons. The molecule has 0 aliphatic carbocycles. The predicted molar refractivity (Wildman–Crippen MR) is 106 cm³/mol. The predicted octanol–water partition coefficient (Wildman–Crippen LogP) is 7.96. The van der Waals surface area contributed by atoms with Gasteiger partial charge in [-0.25, -0.2) is 0 Å². The minimum absolute atomic E-state index is 0.0216. The van der Waals surface area contributed by atoms with Gasteiger partial charge >= 0.3 is 41.7 Å². The number of ether oxygens (including phenoxy) is 2. The molecule has 0 saturated heterocycles. The van der Waals surface area contributed by atoms with Crippen LogP contribution in [0.4, 0.5) is 65.9 Å². The molecule has 0 aliphatic rings. The Bertz CT molecular complexity index is 975. The molecular weight excluding hydrogens is 597 g/mol. The Morgan fingerprint density at radius 1 is 0.700 bits per heavy atom. The fourth-order valence-corrected chi connectivity index (χ4v) is 2.81. The monoisotopic (exact) mass is 618 g/mol. The summed E-state index contributed by atoms with van der Waals surface area (Å²) in [6.07, 6.45) is -11.2. The summed E-state index contributed by atoms with van der Waals surface area (Å²) in [5.74, 6) is -47.0. The van der Waals surface area contributed by atoms with Crippen LogP contribution in [0.3, 0.4) is 0 Å². The summed E-state index contributed by atoms with van der Waals surface area (Å²) in [6.45, 7) is 2.28. The molecule has 0 amide bonds. The normalized spacial score (nSPS) is 16.0. The van der Waals surface area contributed by atoms with Crippen LogP contribution < -0.4 is 4.74 Å². The molecular formula is C22H21F15O3. The molecule has 0 radical (unpaired) electrons. The smallest absolute Gasteiger partial charge is 0.460 e. The van der Waals surface area contributed by atoms with E-state index in [1.54, 1.807) is 13.8 Å². The summed E-state index contributed by atoms with van der Waals surface area (Å²) >= 11 is 0. The third kappa shape index (κ3) is 6.56. The third-order valence-corrected chi connectivity index (χ3v) is 5.69. The lowest BCUT2D eigenvalue weighted by molar-refractivity contribution is -0.452. The minimum atomic E-state index is -8.29. The van der Waals surface area contributed by atoms with Crippen LogP contribution in [-0.2, 0) is 16.1 Å². The Hall–Kier alpha value is -2.40. The van der Waals surface area contributed by atoms with Crippen molar-refractivity contribution < 1.29 is 80.1 Å². The number of carbonyl (C=O) groups excluding carboxylic acids is 1. The van der Waals surface area contributed by atoms with Crippen LogP contribution in [0.5, 0.6) is 5.75 Å². The summed E-state index contributed by atoms with van der Waals surface area (Å²) in [5.41, 5.74) is 0.527. The first kappa shape index (κ1) is 35.6. The largest absolute Gasteiger partial charge is 0.494 e. The van der Waals surface area contributed by atoms with Gasteiger partial charge in [0.15, 0.2) is 0 Å². The van der Waals surface area contributed by atoms with E-state index >= 15 is 0 Å². The van der Waals surface area contributed by atoms with Gasteiger partial charge in [-0.1, -0.05) is 19.1 Å². The number of aldehydes is 1. The Kier molecular flexibility index (Phi) is 10.5. The maximum Gasteiger partial charge on any atom is 0.460 e. The highest BCUT2D eigenvalue weighted by Crippen LogP contribution is 2.62. The van der Waals surface area contributed by atoms with Crippen LogP contribution in [0.1, 0.15) is 32.3 Å². The van der Waals surface area contributed by atoms with Gasteiger partial charge in [0.2, 0.25) is 0 Å². The second kappa shape index (κ2) is 11.8. The van der Waals surface area contributed by atoms with Gasteiger partial charge in [-0.2, -0.15) is 65.9 Å². The SMILES string of the molecule is C[C@H](OCc1ccc(OCCCC(F)(F)C(F)(F)C(F)(F)C(F)(F)C(F)(F)C(F)(F)C(F)(F)F)cc1)[C@@H](C)C=O. The molecule has 1 aromatic carbocycles. The van der Waals surface area contributed by atoms with Gasteiger partial charge in [-0.05, 0) is 31.0 Å². The molecule has 3 nitrogen and oxygen atoms in total. The average molecular weight is 618 g/mol. The topological polar surface area (TPSA) is 35.5 Å². The second-order valence-electron chi connectivity index (χ2n) is 8.68. The molecule has 40 heavy (non-hydrogen) atoms. The molecule has 0 spiro atoms. The lowest BCUT2D eigenvalue weighted by Gasteiger charge is -2.41. The Labute approximate surface area is 216 Å². The number of hydrogen-bond donors (Lipinski definition) is 0. The fourth-order valence-electron chi connectivity index (χ4n) is 2.81. The summed E-state index contributed by atoms with van der Waals surface area (Å²) in [4.78, 5) is 10.7. The molecule has 2 atom stereocenters. The van der Waals surface area contributed by atoms with E-state index in [0.29, 0.717) is 11.8 Å². The number of carbonyl (C=O) groups is 1. The van der Waals surface area contributed by atoms with E-state index in [1.165, 1.54) is 24.3 Å². The van der Waals surface area contributed by atoms with E-state index in [2.05, 4.69) is 0 Å². The quantitative estimate of drug-likeness (QED) is 0.114. The first-order valence-corrected chi connectivity index (χ1v) is 10.9. The molecule has 0 heterocycles. The lowest BCUT2D eigenvalue weighted by Crippen LogP contribution is -2.72. The number of benzene rings is 1. The highest BCUT2D eigenvalue weighted by atomic mass is 19.4. The number of hydrogen-bond acceptors (Lipinski definition) is 3. The first-order valence-electron chi connectivity index (χ1n) is 10.9. The van der Waals surface area contributed by atoms with Crippen molar-refractivity contribution in [3.63, 3.8) is 0 Å². The molecule has 0 bridgehead atoms. The van der Waals surface area contributed by atoms with Gasteiger partial charge in [0.25, 0.3) is 0 Å². The van der Waals surface area contributed by atoms with E-state index in [9.17, 15) is 70.7 Å². The molecule has 0 fully saturated rings. The van der Waals surface area contributed by atoms with E-state index in [1.807, 2.05) is 0 Å². The number of rotatable bonds is 15. The van der Waals surface area contributed by atoms with E-state index in [-0.39, 0.29) is 12.4 Å². The van der Waals surface area contributed by atoms with Crippen molar-refractivity contribution in [1.29, 1.82) is 0 Å². The third-order valence-electron chi connectivity index (χ3n) is 5.69. The van der Waals surface area contributed by atoms with Crippen LogP contribution >= 0.6 is 0 Å². The molecule has 1 rings (SSSR count). The number of halogens is 15. The zero-order chi connectivity index (χ0) is 31.6. The summed E-state index contributed by atoms with van der Waals surface area (Å²) in [7, 11) is 0. The highest BCUT2D eigenvalue weighted by molar-refractivity contribution is 5.53. The summed E-state index contributed by atoms with van der Waals surface area (Å²) in [6, 6.07) is 5.21. The maximum atomic E-state index is 13.8. The fraction of sp³-hybridized carbons (Fsp3) is 0.682. The van der Waals surface area contributed by atoms with Crippen LogP contribution in [-0.4, -0.2) is 60.7 Å². The van der Waals surface area contributed by atoms with Crippen LogP contribution in [0.25, 0.3) is 0 Å². The molecule has 0 N–H and O–H groups in total. The first-order chi connectivity index (χ1) is 17.8. The Morgan fingerprint density at radius 3 is 1.60 bits per heavy atom. The second-order valence-corrected chi connectivity index (χ2v) is 8.68. The standard InChI is InChI=1S/C22H21F15O3/c1-12(10-38)13(2)40-11-14-4-6-15(7-5-14)39-9-3-8-16(23,24)17(25,26)18(27,28)19(29,30)20(31,32)21(33,34)22(35,36)37/h4-7,10,12-13H,3,8-9,11H2,1-2H3/t12-,13-/m0/s1. The minimum Gasteiger partial charge on any atom is -0.494 e. The summed E-state index contributed by atoms with van der Waals surface area (Å²) in [5, 5.41) is 0. The van der Waals surface area contributed by atoms with Gasteiger partial charge in [0.1, 0.15) is 12.0 Å². The van der Waals surface area contributed by atoms with Gasteiger partial charge in [-0.15, -0.1) is 0 Å². The van der Waals surface area contributed by atoms with Gasteiger partial charge in [0.05, 0.1) is 19.3 Å². The average Bonchev–Trinajstić information content (AvgIpc) is 2.83. The Balaban J connectivity index is 2.90. The van der Waals surface area contributed by atoms with Crippen molar-refractivity contribution >= 4 is 6.29 Å². The van der Waals surface area contributed by atoms with Crippen LogP contribution in [0.15, 0.2) is 24.3 Å². The molecule has 1 aromatic rings. The zero-order valence-electron chi connectivity index (χ0n) is 20.3. The van der Waals surface area contributed by atoms with Crippen molar-refractivity contribution in [2.75, 3.05) is 6.61 Å². The molecule has 0 aromatic heterocycles. The van der Waals surface area contributed by atoms with Crippen molar-refractivity contribution in [2.24, 2.45) is 5.92 Å². The molecule has 0 unspecified atom stereocenters. The number of alkyl halides is 15. The van der Waals surface area contributed by atoms with E-state index in [0.717, 1.165) is 0 Å². The van der Waals surface area contributed by atoms with Crippen molar-refractivity contribution in [2.45, 2.75) is 81.1 Å². The van der Waals surface area contributed by atoms with Gasteiger partial charge < -0.3 is 14.3 Å². The van der Waals surface area contributed by atoms with Crippen molar-refractivity contribution in [3.8, 4) is 5.75 Å². The molecule has 18 heteroatoms. The lowest BCUT2D eigenvalue weighted by atomic mass is 9.90. The zero-order valence-corrected chi connectivity index (χ0v) is 20.3. The van der Waals surface area contributed by atoms with E-state index in [4.69, 9.17) is 9.47 Å². The molecule has 0 saturated carbocycles. The highest BCUT2D eigenvalue weighted by Gasteiger charge is 2.93. The van der Waals surface area contributed by atoms with Crippen LogP contribution in [0.2, 0.25) is 0 Å². The maximum absolute atomic E-state index is 13.8. The van der Waals surface area contributed by atoms with Crippen molar-refractivity contribution in [3.05, 3.63) is 29.8 Å². The molecule has 0 aliphatic heterocycles. The van der Waals surface area contributed by atoms with Gasteiger partial charge in [-0.3, -0.25) is 0 Å². The summed E-state index contributed by atoms with van der Waals surface area (Å²) < 4.78 is 208. The van der Waals surface area contributed by atoms with Crippen LogP contribution in [0, 0.1) is 5.92 Å².